The molecule has 1 amide bonds. The molecule has 0 unspecified atom stereocenters. The van der Waals surface area contributed by atoms with Crippen LogP contribution in [-0.4, -0.2) is 20.6 Å². The molecular formula is C18H15ClN4O2S2. The summed E-state index contributed by atoms with van der Waals surface area (Å²) in [5.74, 6) is 0. The summed E-state index contributed by atoms with van der Waals surface area (Å²) in [7, 11) is 1.94. The fourth-order valence-corrected chi connectivity index (χ4v) is 4.86. The summed E-state index contributed by atoms with van der Waals surface area (Å²) in [5.41, 5.74) is 3.51. The smallest absolute Gasteiger partial charge is 0.412 e. The minimum Gasteiger partial charge on any atom is -0.444 e. The zero-order valence-corrected chi connectivity index (χ0v) is 16.9. The Bertz CT molecular complexity index is 1130. The summed E-state index contributed by atoms with van der Waals surface area (Å²) < 4.78 is 7.28. The van der Waals surface area contributed by atoms with Crippen LogP contribution in [0.3, 0.4) is 0 Å². The summed E-state index contributed by atoms with van der Waals surface area (Å²) in [6.07, 6.45) is 1.23. The van der Waals surface area contributed by atoms with Gasteiger partial charge in [0, 0.05) is 7.05 Å². The van der Waals surface area contributed by atoms with Gasteiger partial charge in [-0.3, -0.25) is 5.32 Å². The molecule has 0 spiro atoms. The highest BCUT2D eigenvalue weighted by Crippen LogP contribution is 2.38. The maximum absolute atomic E-state index is 12.2. The third kappa shape index (κ3) is 3.69. The van der Waals surface area contributed by atoms with Crippen molar-refractivity contribution in [2.24, 2.45) is 7.05 Å². The first-order valence-electron chi connectivity index (χ1n) is 8.06. The molecule has 0 aliphatic rings. The number of amides is 1. The van der Waals surface area contributed by atoms with Gasteiger partial charge in [-0.15, -0.1) is 11.3 Å². The van der Waals surface area contributed by atoms with Crippen LogP contribution < -0.4 is 5.32 Å². The molecule has 0 bridgehead atoms. The van der Waals surface area contributed by atoms with E-state index in [0.29, 0.717) is 10.0 Å². The zero-order chi connectivity index (χ0) is 19.0. The number of halogens is 1. The molecule has 6 nitrogen and oxygen atoms in total. The Kier molecular flexibility index (Phi) is 4.86. The second kappa shape index (κ2) is 7.30. The van der Waals surface area contributed by atoms with Crippen LogP contribution in [0.25, 0.3) is 20.9 Å². The lowest BCUT2D eigenvalue weighted by molar-refractivity contribution is 0.155. The van der Waals surface area contributed by atoms with Gasteiger partial charge in [0.15, 0.2) is 0 Å². The highest BCUT2D eigenvalue weighted by Gasteiger charge is 2.15. The highest BCUT2D eigenvalue weighted by molar-refractivity contribution is 7.23. The van der Waals surface area contributed by atoms with Crippen LogP contribution in [-0.2, 0) is 18.4 Å². The molecule has 0 radical (unpaired) electrons. The van der Waals surface area contributed by atoms with Crippen molar-refractivity contribution in [1.82, 2.24) is 14.5 Å². The summed E-state index contributed by atoms with van der Waals surface area (Å²) in [6.45, 7) is 2.01. The fraction of sp³-hybridized carbons (Fsp3) is 0.167. The van der Waals surface area contributed by atoms with Crippen molar-refractivity contribution in [2.75, 3.05) is 5.32 Å². The van der Waals surface area contributed by atoms with E-state index in [1.54, 1.807) is 6.33 Å². The molecule has 1 N–H and O–H groups in total. The van der Waals surface area contributed by atoms with Gasteiger partial charge in [-0.1, -0.05) is 29.0 Å². The van der Waals surface area contributed by atoms with Crippen LogP contribution in [0.4, 0.5) is 9.80 Å². The minimum absolute atomic E-state index is 0.166. The third-order valence-corrected chi connectivity index (χ3v) is 6.55. The quantitative estimate of drug-likeness (QED) is 0.477. The molecule has 3 heterocycles. The first-order valence-corrected chi connectivity index (χ1v) is 10.1. The van der Waals surface area contributed by atoms with Gasteiger partial charge >= 0.3 is 6.09 Å². The number of fused-ring (bicyclic) bond motifs is 1. The molecule has 4 rings (SSSR count). The van der Waals surface area contributed by atoms with E-state index in [1.165, 1.54) is 22.7 Å². The van der Waals surface area contributed by atoms with Crippen LogP contribution in [0.1, 0.15) is 11.3 Å². The molecule has 4 aromatic rings. The van der Waals surface area contributed by atoms with Gasteiger partial charge in [0.1, 0.15) is 16.6 Å². The van der Waals surface area contributed by atoms with Crippen molar-refractivity contribution in [3.8, 4) is 9.88 Å². The topological polar surface area (TPSA) is 69.0 Å². The highest BCUT2D eigenvalue weighted by atomic mass is 35.5. The van der Waals surface area contributed by atoms with E-state index < -0.39 is 6.09 Å². The molecule has 3 aromatic heterocycles. The number of aromatic nitrogens is 3. The van der Waals surface area contributed by atoms with Crippen LogP contribution in [0.15, 0.2) is 36.0 Å². The number of aryl methyl sites for hydroxylation is 2. The molecule has 0 aliphatic heterocycles. The number of nitrogens with one attached hydrogen (secondary N) is 1. The van der Waals surface area contributed by atoms with Gasteiger partial charge in [-0.2, -0.15) is 0 Å². The van der Waals surface area contributed by atoms with E-state index in [9.17, 15) is 4.79 Å². The zero-order valence-electron chi connectivity index (χ0n) is 14.5. The molecule has 1 aromatic carbocycles. The Balaban J connectivity index is 1.42. The Morgan fingerprint density at radius 1 is 1.37 bits per heavy atom. The number of ether oxygens (including phenoxy) is 1. The Morgan fingerprint density at radius 3 is 3.00 bits per heavy atom. The molecule has 0 fully saturated rings. The predicted octanol–water partition coefficient (Wildman–Crippen LogP) is 5.47. The number of benzene rings is 1. The lowest BCUT2D eigenvalue weighted by Crippen LogP contribution is -2.13. The molecule has 27 heavy (non-hydrogen) atoms. The van der Waals surface area contributed by atoms with Gasteiger partial charge in [0.25, 0.3) is 0 Å². The Morgan fingerprint density at radius 2 is 2.22 bits per heavy atom. The largest absolute Gasteiger partial charge is 0.444 e. The van der Waals surface area contributed by atoms with Gasteiger partial charge in [0.05, 0.1) is 33.0 Å². The normalized spacial score (nSPS) is 11.1. The molecule has 9 heteroatoms. The average Bonchev–Trinajstić information content (AvgIpc) is 3.33. The van der Waals surface area contributed by atoms with E-state index in [0.717, 1.165) is 32.2 Å². The van der Waals surface area contributed by atoms with E-state index >= 15 is 0 Å². The van der Waals surface area contributed by atoms with Crippen LogP contribution in [0.2, 0.25) is 5.02 Å². The van der Waals surface area contributed by atoms with Gasteiger partial charge in [-0.25, -0.2) is 14.8 Å². The van der Waals surface area contributed by atoms with Crippen molar-refractivity contribution in [3.05, 3.63) is 52.3 Å². The van der Waals surface area contributed by atoms with Crippen molar-refractivity contribution >= 4 is 56.4 Å². The van der Waals surface area contributed by atoms with Crippen molar-refractivity contribution in [2.45, 2.75) is 13.5 Å². The van der Waals surface area contributed by atoms with Crippen molar-refractivity contribution in [1.29, 1.82) is 0 Å². The lowest BCUT2D eigenvalue weighted by atomic mass is 10.2. The molecule has 0 saturated carbocycles. The average molecular weight is 419 g/mol. The Hall–Kier alpha value is -2.42. The van der Waals surface area contributed by atoms with Crippen LogP contribution in [0, 0.1) is 6.92 Å². The molecule has 0 atom stereocenters. The predicted molar refractivity (Wildman–Crippen MR) is 110 cm³/mol. The number of imidazole rings is 1. The maximum atomic E-state index is 12.2. The monoisotopic (exact) mass is 418 g/mol. The van der Waals surface area contributed by atoms with Gasteiger partial charge in [0.2, 0.25) is 0 Å². The first-order chi connectivity index (χ1) is 13.0. The number of thiazole rings is 1. The number of hydrogen-bond donors (Lipinski definition) is 1. The standard InChI is InChI=1S/C18H15ClN4O2S2/c1-10-16(27-17(21-10)15-12(19)5-6-26-15)22-18(24)25-8-11-3-4-14-13(7-11)20-9-23(14)2/h3-7,9H,8H2,1-2H3,(H,22,24). The minimum atomic E-state index is -0.522. The number of nitrogens with zero attached hydrogens (tertiary/aromatic N) is 3. The van der Waals surface area contributed by atoms with Crippen molar-refractivity contribution < 1.29 is 9.53 Å². The first kappa shape index (κ1) is 18.0. The lowest BCUT2D eigenvalue weighted by Gasteiger charge is -2.06. The van der Waals surface area contributed by atoms with E-state index in [4.69, 9.17) is 16.3 Å². The second-order valence-corrected chi connectivity index (χ2v) is 8.23. The van der Waals surface area contributed by atoms with Crippen LogP contribution in [0.5, 0.6) is 0 Å². The summed E-state index contributed by atoms with van der Waals surface area (Å²) in [4.78, 5) is 21.9. The number of thiophene rings is 1. The number of carbonyl (C=O) groups is 1. The fourth-order valence-electron chi connectivity index (χ4n) is 2.60. The van der Waals surface area contributed by atoms with Gasteiger partial charge in [-0.05, 0) is 36.1 Å². The molecule has 138 valence electrons. The number of carbonyl (C=O) groups excluding carboxylic acids is 1. The number of anilines is 1. The number of hydrogen-bond acceptors (Lipinski definition) is 6. The van der Waals surface area contributed by atoms with Gasteiger partial charge < -0.3 is 9.30 Å². The summed E-state index contributed by atoms with van der Waals surface area (Å²) in [5, 5.41) is 6.76. The molecule has 0 saturated heterocycles. The van der Waals surface area contributed by atoms with Crippen LogP contribution >= 0.6 is 34.3 Å². The second-order valence-electron chi connectivity index (χ2n) is 5.91. The number of rotatable bonds is 4. The van der Waals surface area contributed by atoms with Crippen molar-refractivity contribution in [3.63, 3.8) is 0 Å². The molecular weight excluding hydrogens is 404 g/mol. The van der Waals surface area contributed by atoms with E-state index in [-0.39, 0.29) is 6.61 Å². The maximum Gasteiger partial charge on any atom is 0.412 e. The molecule has 0 aliphatic carbocycles. The summed E-state index contributed by atoms with van der Waals surface area (Å²) in [6, 6.07) is 7.63. The Labute approximate surface area is 168 Å². The third-order valence-electron chi connectivity index (χ3n) is 3.98. The summed E-state index contributed by atoms with van der Waals surface area (Å²) >= 11 is 9.05. The van der Waals surface area contributed by atoms with E-state index in [2.05, 4.69) is 15.3 Å². The van der Waals surface area contributed by atoms with E-state index in [1.807, 2.05) is 48.2 Å². The SMILES string of the molecule is Cc1nc(-c2sccc2Cl)sc1NC(=O)OCc1ccc2c(c1)ncn2C.